The number of benzene rings is 2. The molecule has 0 atom stereocenters. The van der Waals surface area contributed by atoms with Gasteiger partial charge < -0.3 is 9.67 Å². The first-order chi connectivity index (χ1) is 14.0. The van der Waals surface area contributed by atoms with Gasteiger partial charge >= 0.3 is 0 Å². The van der Waals surface area contributed by atoms with Gasteiger partial charge in [-0.15, -0.1) is 11.3 Å². The average Bonchev–Trinajstić information content (AvgIpc) is 3.30. The molecule has 0 saturated heterocycles. The van der Waals surface area contributed by atoms with E-state index in [-0.39, 0.29) is 10.8 Å². The number of carbonyl (C=O) groups is 1. The van der Waals surface area contributed by atoms with Gasteiger partial charge in [0, 0.05) is 27.5 Å². The molecule has 0 fully saturated rings. The van der Waals surface area contributed by atoms with E-state index < -0.39 is 5.91 Å². The maximum atomic E-state index is 12.1. The molecule has 0 bridgehead atoms. The van der Waals surface area contributed by atoms with Crippen molar-refractivity contribution in [3.8, 4) is 5.75 Å². The topological polar surface area (TPSA) is 66.6 Å². The summed E-state index contributed by atoms with van der Waals surface area (Å²) in [5.41, 5.74) is 4.73. The van der Waals surface area contributed by atoms with Crippen molar-refractivity contribution in [2.75, 3.05) is 0 Å². The highest BCUT2D eigenvalue weighted by Crippen LogP contribution is 2.25. The van der Waals surface area contributed by atoms with E-state index >= 15 is 0 Å². The van der Waals surface area contributed by atoms with Crippen LogP contribution in [0.5, 0.6) is 5.75 Å². The minimum Gasteiger partial charge on any atom is -0.506 e. The zero-order valence-electron chi connectivity index (χ0n) is 15.0. The van der Waals surface area contributed by atoms with Gasteiger partial charge in [-0.2, -0.15) is 5.10 Å². The number of carbonyl (C=O) groups excluding carboxylic acids is 1. The monoisotopic (exact) mass is 443 g/mol. The van der Waals surface area contributed by atoms with Crippen molar-refractivity contribution in [1.29, 1.82) is 0 Å². The summed E-state index contributed by atoms with van der Waals surface area (Å²) in [6.07, 6.45) is 3.62. The number of hydrazone groups is 1. The number of nitrogens with one attached hydrogen (secondary N) is 1. The standard InChI is InChI=1S/C21H15Cl2N3O2S/c22-17-10-15(2-5-19(17)27)21(28)25-24-11-13-1-4-18-14(9-13)7-8-26(18)12-16-3-6-20(23)29-16/h1-11,27H,12H2,(H,25,28). The summed E-state index contributed by atoms with van der Waals surface area (Å²) in [6, 6.07) is 16.2. The Morgan fingerprint density at radius 1 is 1.14 bits per heavy atom. The van der Waals surface area contributed by atoms with Crippen LogP contribution in [0, 0.1) is 0 Å². The Morgan fingerprint density at radius 3 is 2.76 bits per heavy atom. The number of halogens is 2. The third-order valence-electron chi connectivity index (χ3n) is 4.34. The summed E-state index contributed by atoms with van der Waals surface area (Å²) in [5.74, 6) is -0.487. The highest BCUT2D eigenvalue weighted by molar-refractivity contribution is 7.16. The number of rotatable bonds is 5. The quantitative estimate of drug-likeness (QED) is 0.314. The molecule has 0 aliphatic rings. The largest absolute Gasteiger partial charge is 0.506 e. The molecule has 4 aromatic rings. The second-order valence-corrected chi connectivity index (χ2v) is 8.54. The Labute approximate surface area is 180 Å². The number of aromatic hydroxyl groups is 1. The molecule has 0 radical (unpaired) electrons. The number of phenolic OH excluding ortho intramolecular Hbond substituents is 1. The van der Waals surface area contributed by atoms with Gasteiger partial charge in [-0.05, 0) is 54.1 Å². The number of hydrogen-bond acceptors (Lipinski definition) is 4. The number of fused-ring (bicyclic) bond motifs is 1. The summed E-state index contributed by atoms with van der Waals surface area (Å²) in [4.78, 5) is 13.3. The van der Waals surface area contributed by atoms with Gasteiger partial charge in [0.05, 0.1) is 22.1 Å². The fraction of sp³-hybridized carbons (Fsp3) is 0.0476. The molecule has 0 aliphatic heterocycles. The first kappa shape index (κ1) is 19.5. The summed E-state index contributed by atoms with van der Waals surface area (Å²) in [5, 5.41) is 14.6. The highest BCUT2D eigenvalue weighted by Gasteiger charge is 2.08. The lowest BCUT2D eigenvalue weighted by molar-refractivity contribution is 0.0955. The van der Waals surface area contributed by atoms with Crippen molar-refractivity contribution >= 4 is 57.6 Å². The van der Waals surface area contributed by atoms with Gasteiger partial charge in [0.1, 0.15) is 5.75 Å². The minimum absolute atomic E-state index is 0.0749. The third-order valence-corrected chi connectivity index (χ3v) is 5.86. The summed E-state index contributed by atoms with van der Waals surface area (Å²) in [7, 11) is 0. The summed E-state index contributed by atoms with van der Waals surface area (Å²) < 4.78 is 2.95. The lowest BCUT2D eigenvalue weighted by atomic mass is 10.2. The number of phenols is 1. The van der Waals surface area contributed by atoms with Crippen LogP contribution in [0.25, 0.3) is 10.9 Å². The number of aromatic nitrogens is 1. The van der Waals surface area contributed by atoms with Crippen LogP contribution in [0.2, 0.25) is 9.36 Å². The van der Waals surface area contributed by atoms with Crippen LogP contribution in [0.4, 0.5) is 0 Å². The van der Waals surface area contributed by atoms with Gasteiger partial charge in [0.2, 0.25) is 0 Å². The fourth-order valence-corrected chi connectivity index (χ4v) is 4.19. The normalized spacial score (nSPS) is 11.4. The SMILES string of the molecule is O=C(NN=Cc1ccc2c(ccn2Cc2ccc(Cl)s2)c1)c1ccc(O)c(Cl)c1. The molecule has 146 valence electrons. The van der Waals surface area contributed by atoms with Crippen molar-refractivity contribution in [2.24, 2.45) is 5.10 Å². The second kappa shape index (κ2) is 8.29. The van der Waals surface area contributed by atoms with Crippen molar-refractivity contribution < 1.29 is 9.90 Å². The van der Waals surface area contributed by atoms with Crippen molar-refractivity contribution in [1.82, 2.24) is 9.99 Å². The fourth-order valence-electron chi connectivity index (χ4n) is 2.92. The minimum atomic E-state index is -0.412. The van der Waals surface area contributed by atoms with Crippen molar-refractivity contribution in [3.63, 3.8) is 0 Å². The molecule has 5 nitrogen and oxygen atoms in total. The van der Waals surface area contributed by atoms with E-state index in [0.29, 0.717) is 5.56 Å². The highest BCUT2D eigenvalue weighted by atomic mass is 35.5. The Morgan fingerprint density at radius 2 is 2.00 bits per heavy atom. The molecule has 0 spiro atoms. The Hall–Kier alpha value is -2.80. The Bertz CT molecular complexity index is 1230. The maximum Gasteiger partial charge on any atom is 0.271 e. The predicted molar refractivity (Wildman–Crippen MR) is 119 cm³/mol. The zero-order chi connectivity index (χ0) is 20.4. The van der Waals surface area contributed by atoms with Crippen LogP contribution < -0.4 is 5.43 Å². The smallest absolute Gasteiger partial charge is 0.271 e. The molecule has 0 saturated carbocycles. The third kappa shape index (κ3) is 4.45. The Kier molecular flexibility index (Phi) is 5.58. The number of hydrogen-bond donors (Lipinski definition) is 2. The molecule has 2 aromatic heterocycles. The Balaban J connectivity index is 1.45. The maximum absolute atomic E-state index is 12.1. The number of nitrogens with zero attached hydrogens (tertiary/aromatic N) is 2. The molecule has 2 heterocycles. The molecular formula is C21H15Cl2N3O2S. The van der Waals surface area contributed by atoms with E-state index in [0.717, 1.165) is 27.3 Å². The molecule has 29 heavy (non-hydrogen) atoms. The number of amides is 1. The molecule has 0 unspecified atom stereocenters. The molecule has 2 N–H and O–H groups in total. The van der Waals surface area contributed by atoms with Gasteiger partial charge in [-0.1, -0.05) is 29.3 Å². The average molecular weight is 444 g/mol. The summed E-state index contributed by atoms with van der Waals surface area (Å²) >= 11 is 13.4. The van der Waals surface area contributed by atoms with Crippen LogP contribution in [-0.2, 0) is 6.54 Å². The number of thiophene rings is 1. The van der Waals surface area contributed by atoms with Gasteiger partial charge in [-0.3, -0.25) is 4.79 Å². The van der Waals surface area contributed by atoms with Gasteiger partial charge in [0.25, 0.3) is 5.91 Å². The molecule has 1 amide bonds. The van der Waals surface area contributed by atoms with E-state index in [9.17, 15) is 9.90 Å². The zero-order valence-corrected chi connectivity index (χ0v) is 17.3. The van der Waals surface area contributed by atoms with Crippen LogP contribution in [0.15, 0.2) is 65.9 Å². The molecule has 0 aliphatic carbocycles. The van der Waals surface area contributed by atoms with Crippen molar-refractivity contribution in [3.05, 3.63) is 86.2 Å². The first-order valence-electron chi connectivity index (χ1n) is 8.64. The molecule has 8 heteroatoms. The lowest BCUT2D eigenvalue weighted by Gasteiger charge is -2.04. The lowest BCUT2D eigenvalue weighted by Crippen LogP contribution is -2.17. The van der Waals surface area contributed by atoms with E-state index in [4.69, 9.17) is 23.2 Å². The van der Waals surface area contributed by atoms with Crippen LogP contribution in [-0.4, -0.2) is 21.8 Å². The summed E-state index contributed by atoms with van der Waals surface area (Å²) in [6.45, 7) is 0.763. The van der Waals surface area contributed by atoms with Crippen LogP contribution in [0.3, 0.4) is 0 Å². The molecule has 4 rings (SSSR count). The van der Waals surface area contributed by atoms with Gasteiger partial charge in [-0.25, -0.2) is 5.43 Å². The van der Waals surface area contributed by atoms with E-state index in [1.807, 2.05) is 42.6 Å². The second-order valence-electron chi connectivity index (χ2n) is 6.33. The van der Waals surface area contributed by atoms with Crippen molar-refractivity contribution in [2.45, 2.75) is 6.54 Å². The first-order valence-corrected chi connectivity index (χ1v) is 10.2. The van der Waals surface area contributed by atoms with E-state index in [2.05, 4.69) is 15.1 Å². The van der Waals surface area contributed by atoms with Crippen LogP contribution in [0.1, 0.15) is 20.8 Å². The molecule has 2 aromatic carbocycles. The molecular weight excluding hydrogens is 429 g/mol. The van der Waals surface area contributed by atoms with Crippen LogP contribution >= 0.6 is 34.5 Å². The van der Waals surface area contributed by atoms with E-state index in [1.165, 1.54) is 23.1 Å². The van der Waals surface area contributed by atoms with Gasteiger partial charge in [0.15, 0.2) is 0 Å². The predicted octanol–water partition coefficient (Wildman–Crippen LogP) is 5.53. The van der Waals surface area contributed by atoms with E-state index in [1.54, 1.807) is 17.6 Å².